The van der Waals surface area contributed by atoms with E-state index in [9.17, 15) is 0 Å². The van der Waals surface area contributed by atoms with Crippen LogP contribution in [0, 0.1) is 0 Å². The largest absolute Gasteiger partial charge is 0.456 e. The number of para-hydroxylation sites is 2. The van der Waals surface area contributed by atoms with Crippen molar-refractivity contribution in [3.8, 4) is 44.5 Å². The third kappa shape index (κ3) is 7.95. The van der Waals surface area contributed by atoms with Gasteiger partial charge >= 0.3 is 0 Å². The second kappa shape index (κ2) is 18.6. The Balaban J connectivity index is 0.911. The van der Waals surface area contributed by atoms with E-state index >= 15 is 0 Å². The van der Waals surface area contributed by atoms with Gasteiger partial charge in [0.2, 0.25) is 0 Å². The minimum absolute atomic E-state index is 0.886. The average molecular weight is 957 g/mol. The summed E-state index contributed by atoms with van der Waals surface area (Å²) in [4.78, 5) is 4.85. The molecule has 13 aromatic carbocycles. The van der Waals surface area contributed by atoms with Crippen molar-refractivity contribution in [1.82, 2.24) is 0 Å². The third-order valence-electron chi connectivity index (χ3n) is 14.8. The molecule has 0 aliphatic heterocycles. The zero-order chi connectivity index (χ0) is 49.7. The molecule has 14 aromatic rings. The van der Waals surface area contributed by atoms with Gasteiger partial charge in [-0.3, -0.25) is 0 Å². The Morgan fingerprint density at radius 1 is 0.227 bits per heavy atom. The lowest BCUT2D eigenvalue weighted by atomic mass is 9.93. The minimum atomic E-state index is 0.886. The number of hydrogen-bond acceptors (Lipinski definition) is 3. The van der Waals surface area contributed by atoms with E-state index in [2.05, 4.69) is 295 Å². The number of benzene rings is 13. The average Bonchev–Trinajstić information content (AvgIpc) is 3.89. The lowest BCUT2D eigenvalue weighted by Gasteiger charge is -2.30. The van der Waals surface area contributed by atoms with Gasteiger partial charge in [0.15, 0.2) is 0 Å². The Bertz CT molecular complexity index is 4420. The molecule has 14 rings (SSSR count). The molecule has 0 atom stereocenters. The summed E-state index contributed by atoms with van der Waals surface area (Å²) in [5, 5.41) is 9.34. The first-order chi connectivity index (χ1) is 37.2. The van der Waals surface area contributed by atoms with Gasteiger partial charge in [-0.05, 0) is 139 Å². The summed E-state index contributed by atoms with van der Waals surface area (Å²) in [7, 11) is 0. The second-order valence-electron chi connectivity index (χ2n) is 19.2. The van der Waals surface area contributed by atoms with Gasteiger partial charge in [0.25, 0.3) is 0 Å². The van der Waals surface area contributed by atoms with Crippen molar-refractivity contribution in [1.29, 1.82) is 0 Å². The van der Waals surface area contributed by atoms with Crippen molar-refractivity contribution < 1.29 is 4.42 Å². The molecule has 0 aliphatic carbocycles. The quantitative estimate of drug-likeness (QED) is 0.136. The van der Waals surface area contributed by atoms with Crippen molar-refractivity contribution in [3.05, 3.63) is 291 Å². The molecule has 352 valence electrons. The number of rotatable bonds is 10. The molecule has 1 aromatic heterocycles. The Labute approximate surface area is 436 Å². The van der Waals surface area contributed by atoms with E-state index < -0.39 is 0 Å². The monoisotopic (exact) mass is 956 g/mol. The van der Waals surface area contributed by atoms with Gasteiger partial charge in [-0.25, -0.2) is 0 Å². The molecule has 0 unspecified atom stereocenters. The highest BCUT2D eigenvalue weighted by atomic mass is 16.3. The smallest absolute Gasteiger partial charge is 0.136 e. The first-order valence-corrected chi connectivity index (χ1v) is 25.6. The Hall–Kier alpha value is -9.96. The van der Waals surface area contributed by atoms with Crippen molar-refractivity contribution in [2.75, 3.05) is 9.80 Å². The van der Waals surface area contributed by atoms with Crippen molar-refractivity contribution in [2.24, 2.45) is 0 Å². The van der Waals surface area contributed by atoms with Gasteiger partial charge in [-0.2, -0.15) is 0 Å². The molecule has 0 saturated heterocycles. The van der Waals surface area contributed by atoms with E-state index in [0.29, 0.717) is 0 Å². The van der Waals surface area contributed by atoms with Crippen LogP contribution < -0.4 is 9.80 Å². The molecule has 0 N–H and O–H groups in total. The van der Waals surface area contributed by atoms with Crippen LogP contribution in [0.4, 0.5) is 34.1 Å². The van der Waals surface area contributed by atoms with E-state index in [1.54, 1.807) is 0 Å². The number of furan rings is 1. The maximum Gasteiger partial charge on any atom is 0.136 e. The SMILES string of the molecule is c1ccc(-c2ccc(-c3ccc(N(c4cccc(-c5ccccc5N(c5ccc6ccccc6c5)c5ccc(-c6cccc7oc8ccccc8c67)c6ccccc56)c4)c4ccc5ccccc5c4)cc3)cc2)cc1. The first kappa shape index (κ1) is 43.8. The van der Waals surface area contributed by atoms with Gasteiger partial charge in [0.05, 0.1) is 11.4 Å². The maximum atomic E-state index is 6.41. The molecule has 3 heteroatoms. The van der Waals surface area contributed by atoms with Gasteiger partial charge in [-0.15, -0.1) is 0 Å². The van der Waals surface area contributed by atoms with Crippen LogP contribution in [0.1, 0.15) is 0 Å². The molecule has 3 nitrogen and oxygen atoms in total. The third-order valence-corrected chi connectivity index (χ3v) is 14.8. The molecule has 0 bridgehead atoms. The van der Waals surface area contributed by atoms with Crippen molar-refractivity contribution >= 4 is 88.4 Å². The van der Waals surface area contributed by atoms with Crippen LogP contribution in [0.2, 0.25) is 0 Å². The summed E-state index contributed by atoms with van der Waals surface area (Å²) < 4.78 is 6.41. The highest BCUT2D eigenvalue weighted by molar-refractivity contribution is 6.17. The zero-order valence-electron chi connectivity index (χ0n) is 41.0. The fourth-order valence-electron chi connectivity index (χ4n) is 11.2. The summed E-state index contributed by atoms with van der Waals surface area (Å²) in [6, 6.07) is 105. The second-order valence-corrected chi connectivity index (χ2v) is 19.2. The van der Waals surface area contributed by atoms with Gasteiger partial charge in [-0.1, -0.05) is 218 Å². The Kier molecular flexibility index (Phi) is 10.8. The molecular weight excluding hydrogens is 909 g/mol. The minimum Gasteiger partial charge on any atom is -0.456 e. The summed E-state index contributed by atoms with van der Waals surface area (Å²) in [5.74, 6) is 0. The summed E-state index contributed by atoms with van der Waals surface area (Å²) in [6.07, 6.45) is 0. The van der Waals surface area contributed by atoms with Crippen LogP contribution in [-0.4, -0.2) is 0 Å². The first-order valence-electron chi connectivity index (χ1n) is 25.6. The summed E-state index contributed by atoms with van der Waals surface area (Å²) in [5.41, 5.74) is 17.5. The van der Waals surface area contributed by atoms with Crippen LogP contribution >= 0.6 is 0 Å². The van der Waals surface area contributed by atoms with E-state index in [1.807, 2.05) is 6.07 Å². The number of anilines is 6. The summed E-state index contributed by atoms with van der Waals surface area (Å²) >= 11 is 0. The normalized spacial score (nSPS) is 11.5. The molecule has 1 heterocycles. The van der Waals surface area contributed by atoms with Crippen molar-refractivity contribution in [3.63, 3.8) is 0 Å². The molecule has 0 amide bonds. The zero-order valence-corrected chi connectivity index (χ0v) is 41.0. The van der Waals surface area contributed by atoms with E-state index in [0.717, 1.165) is 83.7 Å². The highest BCUT2D eigenvalue weighted by Crippen LogP contribution is 2.48. The Morgan fingerprint density at radius 3 is 1.44 bits per heavy atom. The van der Waals surface area contributed by atoms with Gasteiger partial charge in [0, 0.05) is 44.5 Å². The highest BCUT2D eigenvalue weighted by Gasteiger charge is 2.23. The molecule has 75 heavy (non-hydrogen) atoms. The predicted octanol–water partition coefficient (Wildman–Crippen LogP) is 20.7. The van der Waals surface area contributed by atoms with Crippen LogP contribution in [0.3, 0.4) is 0 Å². The van der Waals surface area contributed by atoms with Gasteiger partial charge in [0.1, 0.15) is 11.2 Å². The van der Waals surface area contributed by atoms with Crippen LogP contribution in [-0.2, 0) is 0 Å². The van der Waals surface area contributed by atoms with E-state index in [-0.39, 0.29) is 0 Å². The van der Waals surface area contributed by atoms with E-state index in [4.69, 9.17) is 4.42 Å². The fourth-order valence-corrected chi connectivity index (χ4v) is 11.2. The molecule has 0 saturated carbocycles. The predicted molar refractivity (Wildman–Crippen MR) is 317 cm³/mol. The lowest BCUT2D eigenvalue weighted by molar-refractivity contribution is 0.669. The van der Waals surface area contributed by atoms with Crippen LogP contribution in [0.15, 0.2) is 296 Å². The summed E-state index contributed by atoms with van der Waals surface area (Å²) in [6.45, 7) is 0. The molecule has 0 aliphatic rings. The van der Waals surface area contributed by atoms with Crippen LogP contribution in [0.25, 0.3) is 98.8 Å². The maximum absolute atomic E-state index is 6.41. The van der Waals surface area contributed by atoms with Gasteiger partial charge < -0.3 is 14.2 Å². The van der Waals surface area contributed by atoms with E-state index in [1.165, 1.54) is 49.2 Å². The topological polar surface area (TPSA) is 19.6 Å². The molecular formula is C72H48N2O. The molecule has 0 spiro atoms. The number of fused-ring (bicyclic) bond motifs is 6. The Morgan fingerprint density at radius 2 is 0.720 bits per heavy atom. The van der Waals surface area contributed by atoms with Crippen molar-refractivity contribution in [2.45, 2.75) is 0 Å². The molecule has 0 fully saturated rings. The van der Waals surface area contributed by atoms with Crippen LogP contribution in [0.5, 0.6) is 0 Å². The number of nitrogens with zero attached hydrogens (tertiary/aromatic N) is 2. The molecule has 0 radical (unpaired) electrons. The lowest BCUT2D eigenvalue weighted by Crippen LogP contribution is -2.12. The number of hydrogen-bond donors (Lipinski definition) is 0. The fraction of sp³-hybridized carbons (Fsp3) is 0. The standard InChI is InChI=1S/C72H48N2O/c1-2-16-49(17-3-1)52-32-34-53(35-33-52)54-36-40-58(41-37-54)73(60-42-38-50-18-4-6-20-55(50)46-60)59-23-14-22-57(48-59)62-24-10-12-29-68(62)74(61-43-39-51-19-5-7-21-56(51)47-61)69-45-44-64(63-25-8-9-26-65(63)69)66-28-15-31-71-72(66)67-27-11-13-30-70(67)75-71/h1-48H.